The average Bonchev–Trinajstić information content (AvgIpc) is 2.89. The lowest BCUT2D eigenvalue weighted by Crippen LogP contribution is -2.23. The smallest absolute Gasteiger partial charge is 0.240 e. The Balaban J connectivity index is 2.10. The molecule has 114 valence electrons. The Kier molecular flexibility index (Phi) is 5.52. The molecule has 0 unspecified atom stereocenters. The van der Waals surface area contributed by atoms with Gasteiger partial charge in [-0.25, -0.2) is 13.1 Å². The number of hydrogen-bond donors (Lipinski definition) is 2. The summed E-state index contributed by atoms with van der Waals surface area (Å²) in [5, 5.41) is 5.16. The van der Waals surface area contributed by atoms with E-state index in [2.05, 4.69) is 10.0 Å². The molecule has 1 aromatic carbocycles. The van der Waals surface area contributed by atoms with Crippen molar-refractivity contribution in [3.05, 3.63) is 51.7 Å². The second-order valence-electron chi connectivity index (χ2n) is 4.78. The quantitative estimate of drug-likeness (QED) is 0.823. The molecule has 0 saturated carbocycles. The summed E-state index contributed by atoms with van der Waals surface area (Å²) in [6.45, 7) is 5.86. The van der Waals surface area contributed by atoms with Crippen LogP contribution in [0.5, 0.6) is 0 Å². The standard InChI is InChI=1S/C15H20N2O2S2/c1-3-16-10-13-5-4-6-14(9-13)21(18,19)17-11-15-12(2)7-8-20-15/h4-9,16-17H,3,10-11H2,1-2H3. The number of hydrogen-bond acceptors (Lipinski definition) is 4. The zero-order valence-electron chi connectivity index (χ0n) is 12.2. The van der Waals surface area contributed by atoms with Gasteiger partial charge in [0.05, 0.1) is 4.90 Å². The maximum atomic E-state index is 12.3. The minimum Gasteiger partial charge on any atom is -0.313 e. The highest BCUT2D eigenvalue weighted by molar-refractivity contribution is 7.89. The number of sulfonamides is 1. The maximum Gasteiger partial charge on any atom is 0.240 e. The van der Waals surface area contributed by atoms with Gasteiger partial charge in [0.1, 0.15) is 0 Å². The first-order valence-corrected chi connectivity index (χ1v) is 9.21. The lowest BCUT2D eigenvalue weighted by molar-refractivity contribution is 0.581. The van der Waals surface area contributed by atoms with E-state index in [-0.39, 0.29) is 0 Å². The van der Waals surface area contributed by atoms with Crippen LogP contribution in [0.2, 0.25) is 0 Å². The van der Waals surface area contributed by atoms with E-state index in [1.165, 1.54) is 0 Å². The molecule has 0 amide bonds. The van der Waals surface area contributed by atoms with Gasteiger partial charge in [-0.3, -0.25) is 0 Å². The van der Waals surface area contributed by atoms with Crippen LogP contribution >= 0.6 is 11.3 Å². The summed E-state index contributed by atoms with van der Waals surface area (Å²) in [5.74, 6) is 0. The molecule has 2 rings (SSSR count). The predicted molar refractivity (Wildman–Crippen MR) is 86.9 cm³/mol. The van der Waals surface area contributed by atoms with Gasteiger partial charge in [0.15, 0.2) is 0 Å². The summed E-state index contributed by atoms with van der Waals surface area (Å²) in [7, 11) is -3.47. The molecule has 0 fully saturated rings. The van der Waals surface area contributed by atoms with Crippen molar-refractivity contribution in [3.8, 4) is 0 Å². The van der Waals surface area contributed by atoms with Gasteiger partial charge in [0.25, 0.3) is 0 Å². The largest absolute Gasteiger partial charge is 0.313 e. The molecule has 2 aromatic rings. The molecule has 0 radical (unpaired) electrons. The molecule has 1 heterocycles. The molecule has 2 N–H and O–H groups in total. The van der Waals surface area contributed by atoms with E-state index >= 15 is 0 Å². The van der Waals surface area contributed by atoms with Crippen LogP contribution in [0, 0.1) is 6.92 Å². The van der Waals surface area contributed by atoms with Gasteiger partial charge in [-0.1, -0.05) is 19.1 Å². The highest BCUT2D eigenvalue weighted by Gasteiger charge is 2.14. The SMILES string of the molecule is CCNCc1cccc(S(=O)(=O)NCc2sccc2C)c1. The Morgan fingerprint density at radius 1 is 1.19 bits per heavy atom. The van der Waals surface area contributed by atoms with E-state index in [1.807, 2.05) is 31.4 Å². The van der Waals surface area contributed by atoms with Crippen molar-refractivity contribution in [2.24, 2.45) is 0 Å². The summed E-state index contributed by atoms with van der Waals surface area (Å²) in [4.78, 5) is 1.36. The number of aryl methyl sites for hydroxylation is 1. The Hall–Kier alpha value is -1.21. The molecule has 0 aliphatic carbocycles. The number of benzene rings is 1. The van der Waals surface area contributed by atoms with Gasteiger partial charge in [-0.05, 0) is 48.2 Å². The highest BCUT2D eigenvalue weighted by Crippen LogP contribution is 2.17. The third-order valence-corrected chi connectivity index (χ3v) is 5.60. The van der Waals surface area contributed by atoms with Crippen LogP contribution in [-0.4, -0.2) is 15.0 Å². The molecule has 0 saturated heterocycles. The van der Waals surface area contributed by atoms with Crippen LogP contribution in [0.1, 0.15) is 22.9 Å². The van der Waals surface area contributed by atoms with Crippen molar-refractivity contribution in [1.82, 2.24) is 10.0 Å². The van der Waals surface area contributed by atoms with Crippen molar-refractivity contribution in [2.45, 2.75) is 31.8 Å². The van der Waals surface area contributed by atoms with Crippen molar-refractivity contribution in [3.63, 3.8) is 0 Å². The summed E-state index contributed by atoms with van der Waals surface area (Å²) in [6, 6.07) is 9.03. The van der Waals surface area contributed by atoms with Gasteiger partial charge < -0.3 is 5.32 Å². The summed E-state index contributed by atoms with van der Waals surface area (Å²) >= 11 is 1.56. The fourth-order valence-corrected chi connectivity index (χ4v) is 3.92. The molecule has 0 atom stereocenters. The van der Waals surface area contributed by atoms with Crippen LogP contribution in [0.4, 0.5) is 0 Å². The Morgan fingerprint density at radius 3 is 2.67 bits per heavy atom. The van der Waals surface area contributed by atoms with Crippen molar-refractivity contribution >= 4 is 21.4 Å². The molecule has 0 aliphatic rings. The highest BCUT2D eigenvalue weighted by atomic mass is 32.2. The normalized spacial score (nSPS) is 11.7. The van der Waals surface area contributed by atoms with E-state index in [9.17, 15) is 8.42 Å². The Bertz CT molecular complexity index is 693. The number of nitrogens with one attached hydrogen (secondary N) is 2. The van der Waals surface area contributed by atoms with Crippen LogP contribution in [0.3, 0.4) is 0 Å². The van der Waals surface area contributed by atoms with Crippen LogP contribution in [0.25, 0.3) is 0 Å². The molecule has 4 nitrogen and oxygen atoms in total. The lowest BCUT2D eigenvalue weighted by Gasteiger charge is -2.08. The van der Waals surface area contributed by atoms with Gasteiger partial charge >= 0.3 is 0 Å². The van der Waals surface area contributed by atoms with Gasteiger partial charge in [-0.15, -0.1) is 11.3 Å². The van der Waals surface area contributed by atoms with E-state index in [0.717, 1.165) is 22.5 Å². The van der Waals surface area contributed by atoms with E-state index in [1.54, 1.807) is 29.5 Å². The first-order valence-electron chi connectivity index (χ1n) is 6.85. The second-order valence-corrected chi connectivity index (χ2v) is 7.55. The first kappa shape index (κ1) is 16.2. The molecule has 6 heteroatoms. The fraction of sp³-hybridized carbons (Fsp3) is 0.333. The lowest BCUT2D eigenvalue weighted by atomic mass is 10.2. The third-order valence-electron chi connectivity index (χ3n) is 3.18. The molecule has 0 aliphatic heterocycles. The number of thiophene rings is 1. The second kappa shape index (κ2) is 7.17. The first-order chi connectivity index (χ1) is 10.0. The Morgan fingerprint density at radius 2 is 2.00 bits per heavy atom. The summed E-state index contributed by atoms with van der Waals surface area (Å²) < 4.78 is 27.3. The van der Waals surface area contributed by atoms with Gasteiger partial charge in [0, 0.05) is 18.0 Å². The van der Waals surface area contributed by atoms with Crippen LogP contribution < -0.4 is 10.0 Å². The third kappa shape index (κ3) is 4.38. The van der Waals surface area contributed by atoms with Gasteiger partial charge in [-0.2, -0.15) is 0 Å². The van der Waals surface area contributed by atoms with Gasteiger partial charge in [0.2, 0.25) is 10.0 Å². The van der Waals surface area contributed by atoms with Crippen molar-refractivity contribution < 1.29 is 8.42 Å². The van der Waals surface area contributed by atoms with E-state index in [4.69, 9.17) is 0 Å². The molecule has 1 aromatic heterocycles. The molecule has 0 bridgehead atoms. The number of rotatable bonds is 7. The molecule has 0 spiro atoms. The van der Waals surface area contributed by atoms with E-state index < -0.39 is 10.0 Å². The average molecular weight is 324 g/mol. The molecular formula is C15H20N2O2S2. The van der Waals surface area contributed by atoms with Crippen molar-refractivity contribution in [1.29, 1.82) is 0 Å². The summed E-state index contributed by atoms with van der Waals surface area (Å²) in [6.07, 6.45) is 0. The fourth-order valence-electron chi connectivity index (χ4n) is 1.92. The minimum absolute atomic E-state index is 0.312. The maximum absolute atomic E-state index is 12.3. The monoisotopic (exact) mass is 324 g/mol. The topological polar surface area (TPSA) is 58.2 Å². The van der Waals surface area contributed by atoms with E-state index in [0.29, 0.717) is 18.0 Å². The Labute approximate surface area is 130 Å². The van der Waals surface area contributed by atoms with Crippen LogP contribution in [0.15, 0.2) is 40.6 Å². The van der Waals surface area contributed by atoms with Crippen molar-refractivity contribution in [2.75, 3.05) is 6.54 Å². The zero-order chi connectivity index (χ0) is 15.3. The summed E-state index contributed by atoms with van der Waals surface area (Å²) in [5.41, 5.74) is 2.08. The predicted octanol–water partition coefficient (Wildman–Crippen LogP) is 2.64. The zero-order valence-corrected chi connectivity index (χ0v) is 13.9. The molecular weight excluding hydrogens is 304 g/mol. The minimum atomic E-state index is -3.47. The van der Waals surface area contributed by atoms with Crippen LogP contribution in [-0.2, 0) is 23.1 Å². The molecule has 21 heavy (non-hydrogen) atoms.